The number of nitrogens with two attached hydrogens (primary N) is 1. The molecule has 3 nitrogen and oxygen atoms in total. The molecule has 1 unspecified atom stereocenters. The molecule has 2 aromatic carbocycles. The van der Waals surface area contributed by atoms with E-state index < -0.39 is 0 Å². The van der Waals surface area contributed by atoms with Gasteiger partial charge in [0.1, 0.15) is 0 Å². The quantitative estimate of drug-likeness (QED) is 0.820. The van der Waals surface area contributed by atoms with E-state index in [2.05, 4.69) is 6.92 Å². The molecule has 1 amide bonds. The van der Waals surface area contributed by atoms with Gasteiger partial charge in [0.15, 0.2) is 0 Å². The van der Waals surface area contributed by atoms with E-state index in [0.717, 1.165) is 29.6 Å². The maximum atomic E-state index is 12.6. The number of fused-ring (bicyclic) bond motifs is 1. The third kappa shape index (κ3) is 2.48. The van der Waals surface area contributed by atoms with Gasteiger partial charge in [-0.15, -0.1) is 0 Å². The van der Waals surface area contributed by atoms with Crippen LogP contribution >= 0.6 is 11.8 Å². The second-order valence-corrected chi connectivity index (χ2v) is 6.77. The number of hydrogen-bond donors (Lipinski definition) is 1. The van der Waals surface area contributed by atoms with E-state index in [4.69, 9.17) is 5.73 Å². The first-order valence-corrected chi connectivity index (χ1v) is 7.89. The number of amides is 1. The lowest BCUT2D eigenvalue weighted by atomic mass is 10.0. The standard InChI is InChI=1S/C16H18N2OS/c1-11-10-18(6-7-20-11)16(19)14-8-12-4-2-3-5-13(12)9-15(14)17/h2-5,8-9,11H,6-7,10,17H2,1H3. The molecule has 4 heteroatoms. The lowest BCUT2D eigenvalue weighted by Crippen LogP contribution is -2.41. The normalized spacial score (nSPS) is 19.2. The summed E-state index contributed by atoms with van der Waals surface area (Å²) in [5.41, 5.74) is 7.27. The Kier molecular flexibility index (Phi) is 3.57. The molecular weight excluding hydrogens is 268 g/mol. The zero-order valence-electron chi connectivity index (χ0n) is 11.5. The summed E-state index contributed by atoms with van der Waals surface area (Å²) in [7, 11) is 0. The number of nitrogen functional groups attached to an aromatic ring is 1. The molecule has 1 saturated heterocycles. The fourth-order valence-electron chi connectivity index (χ4n) is 2.62. The molecule has 1 heterocycles. The second-order valence-electron chi connectivity index (χ2n) is 5.22. The summed E-state index contributed by atoms with van der Waals surface area (Å²) in [6.07, 6.45) is 0. The fourth-order valence-corrected chi connectivity index (χ4v) is 3.63. The van der Waals surface area contributed by atoms with Gasteiger partial charge in [-0.2, -0.15) is 11.8 Å². The minimum absolute atomic E-state index is 0.0559. The van der Waals surface area contributed by atoms with E-state index in [1.54, 1.807) is 0 Å². The number of nitrogens with zero attached hydrogens (tertiary/aromatic N) is 1. The van der Waals surface area contributed by atoms with Crippen LogP contribution in [-0.4, -0.2) is 34.9 Å². The van der Waals surface area contributed by atoms with Crippen LogP contribution in [0.2, 0.25) is 0 Å². The van der Waals surface area contributed by atoms with Crippen LogP contribution in [0.15, 0.2) is 36.4 Å². The van der Waals surface area contributed by atoms with E-state index in [1.165, 1.54) is 0 Å². The molecule has 0 spiro atoms. The van der Waals surface area contributed by atoms with Gasteiger partial charge in [0.2, 0.25) is 0 Å². The van der Waals surface area contributed by atoms with Crippen LogP contribution in [0, 0.1) is 0 Å². The maximum absolute atomic E-state index is 12.6. The highest BCUT2D eigenvalue weighted by atomic mass is 32.2. The van der Waals surface area contributed by atoms with Crippen molar-refractivity contribution in [2.45, 2.75) is 12.2 Å². The topological polar surface area (TPSA) is 46.3 Å². The molecule has 3 rings (SSSR count). The van der Waals surface area contributed by atoms with Gasteiger partial charge in [-0.05, 0) is 22.9 Å². The molecule has 0 aliphatic carbocycles. The molecule has 20 heavy (non-hydrogen) atoms. The molecule has 1 aliphatic rings. The Morgan fingerprint density at radius 1 is 1.30 bits per heavy atom. The van der Waals surface area contributed by atoms with Crippen molar-refractivity contribution in [3.8, 4) is 0 Å². The summed E-state index contributed by atoms with van der Waals surface area (Å²) in [5.74, 6) is 1.06. The summed E-state index contributed by atoms with van der Waals surface area (Å²) >= 11 is 1.92. The van der Waals surface area contributed by atoms with Crippen LogP contribution < -0.4 is 5.73 Å². The highest BCUT2D eigenvalue weighted by molar-refractivity contribution is 7.99. The first-order chi connectivity index (χ1) is 9.65. The Hall–Kier alpha value is -1.68. The number of benzene rings is 2. The smallest absolute Gasteiger partial charge is 0.256 e. The average Bonchev–Trinajstić information content (AvgIpc) is 2.46. The number of carbonyl (C=O) groups is 1. The molecule has 2 N–H and O–H groups in total. The third-order valence-electron chi connectivity index (χ3n) is 3.68. The Labute approximate surface area is 123 Å². The van der Waals surface area contributed by atoms with Crippen LogP contribution in [0.5, 0.6) is 0 Å². The van der Waals surface area contributed by atoms with Gasteiger partial charge in [-0.3, -0.25) is 4.79 Å². The zero-order chi connectivity index (χ0) is 14.1. The van der Waals surface area contributed by atoms with Crippen molar-refractivity contribution in [3.05, 3.63) is 42.0 Å². The second kappa shape index (κ2) is 5.37. The molecule has 104 valence electrons. The monoisotopic (exact) mass is 286 g/mol. The minimum Gasteiger partial charge on any atom is -0.398 e. The lowest BCUT2D eigenvalue weighted by molar-refractivity contribution is 0.0764. The predicted molar refractivity (Wildman–Crippen MR) is 86.2 cm³/mol. The van der Waals surface area contributed by atoms with Gasteiger partial charge >= 0.3 is 0 Å². The number of carbonyl (C=O) groups excluding carboxylic acids is 1. The van der Waals surface area contributed by atoms with Gasteiger partial charge in [-0.1, -0.05) is 31.2 Å². The number of thioether (sulfide) groups is 1. The first-order valence-electron chi connectivity index (χ1n) is 6.84. The van der Waals surface area contributed by atoms with Crippen molar-refractivity contribution in [2.75, 3.05) is 24.6 Å². The van der Waals surface area contributed by atoms with Crippen LogP contribution in [0.1, 0.15) is 17.3 Å². The van der Waals surface area contributed by atoms with Crippen LogP contribution in [-0.2, 0) is 0 Å². The zero-order valence-corrected chi connectivity index (χ0v) is 12.3. The highest BCUT2D eigenvalue weighted by Crippen LogP contribution is 2.25. The van der Waals surface area contributed by atoms with Crippen LogP contribution in [0.4, 0.5) is 5.69 Å². The SMILES string of the molecule is CC1CN(C(=O)c2cc3ccccc3cc2N)CCS1. The Morgan fingerprint density at radius 3 is 2.70 bits per heavy atom. The van der Waals surface area contributed by atoms with Crippen LogP contribution in [0.25, 0.3) is 10.8 Å². The largest absolute Gasteiger partial charge is 0.398 e. The lowest BCUT2D eigenvalue weighted by Gasteiger charge is -2.31. The number of hydrogen-bond acceptors (Lipinski definition) is 3. The summed E-state index contributed by atoms with van der Waals surface area (Å²) in [5, 5.41) is 2.63. The molecule has 1 aliphatic heterocycles. The molecule has 0 aromatic heterocycles. The Balaban J connectivity index is 1.96. The van der Waals surface area contributed by atoms with Gasteiger partial charge < -0.3 is 10.6 Å². The third-order valence-corrected chi connectivity index (χ3v) is 4.81. The van der Waals surface area contributed by atoms with Gasteiger partial charge in [-0.25, -0.2) is 0 Å². The van der Waals surface area contributed by atoms with Crippen molar-refractivity contribution in [2.24, 2.45) is 0 Å². The Morgan fingerprint density at radius 2 is 2.00 bits per heavy atom. The van der Waals surface area contributed by atoms with Crippen molar-refractivity contribution in [1.82, 2.24) is 4.90 Å². The van der Waals surface area contributed by atoms with E-state index in [0.29, 0.717) is 16.5 Å². The molecule has 1 fully saturated rings. The van der Waals surface area contributed by atoms with Crippen molar-refractivity contribution in [1.29, 1.82) is 0 Å². The number of rotatable bonds is 1. The Bertz CT molecular complexity index is 656. The summed E-state index contributed by atoms with van der Waals surface area (Å²) in [6.45, 7) is 3.77. The maximum Gasteiger partial charge on any atom is 0.256 e. The highest BCUT2D eigenvalue weighted by Gasteiger charge is 2.23. The van der Waals surface area contributed by atoms with E-state index >= 15 is 0 Å². The minimum atomic E-state index is 0.0559. The van der Waals surface area contributed by atoms with Gasteiger partial charge in [0.25, 0.3) is 5.91 Å². The number of anilines is 1. The molecular formula is C16H18N2OS. The first kappa shape index (κ1) is 13.3. The van der Waals surface area contributed by atoms with Gasteiger partial charge in [0.05, 0.1) is 5.56 Å². The molecule has 0 radical (unpaired) electrons. The molecule has 1 atom stereocenters. The molecule has 0 saturated carbocycles. The van der Waals surface area contributed by atoms with E-state index in [1.807, 2.05) is 53.1 Å². The molecule has 2 aromatic rings. The summed E-state index contributed by atoms with van der Waals surface area (Å²) < 4.78 is 0. The van der Waals surface area contributed by atoms with Crippen molar-refractivity contribution in [3.63, 3.8) is 0 Å². The molecule has 0 bridgehead atoms. The van der Waals surface area contributed by atoms with Crippen molar-refractivity contribution < 1.29 is 4.79 Å². The van der Waals surface area contributed by atoms with E-state index in [9.17, 15) is 4.79 Å². The summed E-state index contributed by atoms with van der Waals surface area (Å²) in [6, 6.07) is 11.8. The predicted octanol–water partition coefficient (Wildman–Crippen LogP) is 3.00. The van der Waals surface area contributed by atoms with Crippen LogP contribution in [0.3, 0.4) is 0 Å². The van der Waals surface area contributed by atoms with Crippen molar-refractivity contribution >= 4 is 34.1 Å². The fraction of sp³-hybridized carbons (Fsp3) is 0.312. The summed E-state index contributed by atoms with van der Waals surface area (Å²) in [4.78, 5) is 14.6. The van der Waals surface area contributed by atoms with Gasteiger partial charge in [0, 0.05) is 29.8 Å². The average molecular weight is 286 g/mol. The van der Waals surface area contributed by atoms with E-state index in [-0.39, 0.29) is 5.91 Å².